The van der Waals surface area contributed by atoms with E-state index >= 15 is 0 Å². The van der Waals surface area contributed by atoms with E-state index in [0.717, 1.165) is 15.0 Å². The predicted molar refractivity (Wildman–Crippen MR) is 84.7 cm³/mol. The highest BCUT2D eigenvalue weighted by molar-refractivity contribution is 9.10. The number of thiophene rings is 1. The van der Waals surface area contributed by atoms with Crippen LogP contribution in [0.5, 0.6) is 0 Å². The van der Waals surface area contributed by atoms with Crippen molar-refractivity contribution in [1.82, 2.24) is 9.78 Å². The Hall–Kier alpha value is -1.14. The van der Waals surface area contributed by atoms with Gasteiger partial charge in [0.2, 0.25) is 0 Å². The smallest absolute Gasteiger partial charge is 0.130 e. The van der Waals surface area contributed by atoms with Gasteiger partial charge in [0, 0.05) is 15.5 Å². The van der Waals surface area contributed by atoms with E-state index in [1.165, 1.54) is 11.3 Å². The molecule has 1 aromatic carbocycles. The van der Waals surface area contributed by atoms with E-state index in [1.807, 2.05) is 36.4 Å². The Kier molecular flexibility index (Phi) is 3.94. The van der Waals surface area contributed by atoms with Gasteiger partial charge >= 0.3 is 0 Å². The van der Waals surface area contributed by atoms with Crippen LogP contribution in [0.4, 0.5) is 0 Å². The number of para-hydroxylation sites is 1. The van der Waals surface area contributed by atoms with Crippen molar-refractivity contribution in [3.8, 4) is 5.69 Å². The van der Waals surface area contributed by atoms with Crippen molar-refractivity contribution in [2.24, 2.45) is 0 Å². The molecule has 0 saturated heterocycles. The van der Waals surface area contributed by atoms with Crippen molar-refractivity contribution < 1.29 is 5.11 Å². The third kappa shape index (κ3) is 2.54. The van der Waals surface area contributed by atoms with Crippen LogP contribution in [0.2, 0.25) is 4.34 Å². The molecular weight excluding hydrogens is 360 g/mol. The first kappa shape index (κ1) is 13.8. The second kappa shape index (κ2) is 5.69. The normalized spacial score (nSPS) is 12.6. The Labute approximate surface area is 133 Å². The van der Waals surface area contributed by atoms with Gasteiger partial charge in [0.25, 0.3) is 0 Å². The van der Waals surface area contributed by atoms with Crippen molar-refractivity contribution in [2.45, 2.75) is 6.10 Å². The molecule has 1 atom stereocenters. The fraction of sp³-hybridized carbons (Fsp3) is 0.0714. The molecule has 0 aliphatic rings. The standard InChI is InChI=1S/C14H10BrClN2OS/c15-10-8-12(20-14(10)16)13(19)11-6-7-17-18(11)9-4-2-1-3-5-9/h1-8,13,19H. The van der Waals surface area contributed by atoms with Crippen LogP contribution in [-0.2, 0) is 0 Å². The zero-order valence-electron chi connectivity index (χ0n) is 10.2. The lowest BCUT2D eigenvalue weighted by Gasteiger charge is -2.12. The van der Waals surface area contributed by atoms with Crippen LogP contribution >= 0.6 is 38.9 Å². The van der Waals surface area contributed by atoms with Crippen LogP contribution in [0.3, 0.4) is 0 Å². The lowest BCUT2D eigenvalue weighted by molar-refractivity contribution is 0.215. The second-order valence-corrected chi connectivity index (χ2v) is 6.72. The zero-order chi connectivity index (χ0) is 14.1. The Morgan fingerprint density at radius 2 is 2.00 bits per heavy atom. The van der Waals surface area contributed by atoms with Gasteiger partial charge in [-0.2, -0.15) is 5.10 Å². The monoisotopic (exact) mass is 368 g/mol. The summed E-state index contributed by atoms with van der Waals surface area (Å²) >= 11 is 10.7. The summed E-state index contributed by atoms with van der Waals surface area (Å²) in [5, 5.41) is 14.8. The van der Waals surface area contributed by atoms with Crippen molar-refractivity contribution in [3.05, 3.63) is 68.0 Å². The summed E-state index contributed by atoms with van der Waals surface area (Å²) in [6.07, 6.45) is 0.919. The van der Waals surface area contributed by atoms with Gasteiger partial charge in [-0.25, -0.2) is 4.68 Å². The van der Waals surface area contributed by atoms with Crippen molar-refractivity contribution >= 4 is 38.9 Å². The molecule has 6 heteroatoms. The molecule has 0 aliphatic heterocycles. The summed E-state index contributed by atoms with van der Waals surface area (Å²) in [6, 6.07) is 13.3. The molecule has 3 nitrogen and oxygen atoms in total. The van der Waals surface area contributed by atoms with Crippen LogP contribution in [0, 0.1) is 0 Å². The predicted octanol–water partition coefficient (Wildman–Crippen LogP) is 4.43. The van der Waals surface area contributed by atoms with Crippen molar-refractivity contribution in [3.63, 3.8) is 0 Å². The number of benzene rings is 1. The van der Waals surface area contributed by atoms with E-state index in [4.69, 9.17) is 11.6 Å². The van der Waals surface area contributed by atoms with E-state index in [-0.39, 0.29) is 0 Å². The molecule has 20 heavy (non-hydrogen) atoms. The van der Waals surface area contributed by atoms with Crippen molar-refractivity contribution in [1.29, 1.82) is 0 Å². The minimum absolute atomic E-state index is 0.629. The number of nitrogens with zero attached hydrogens (tertiary/aromatic N) is 2. The van der Waals surface area contributed by atoms with Crippen LogP contribution < -0.4 is 0 Å². The molecular formula is C14H10BrClN2OS. The molecule has 0 aliphatic carbocycles. The maximum absolute atomic E-state index is 10.5. The molecule has 1 unspecified atom stereocenters. The minimum Gasteiger partial charge on any atom is -0.381 e. The molecule has 102 valence electrons. The highest BCUT2D eigenvalue weighted by atomic mass is 79.9. The Balaban J connectivity index is 2.01. The Morgan fingerprint density at radius 1 is 1.25 bits per heavy atom. The number of halogens is 2. The van der Waals surface area contributed by atoms with E-state index in [2.05, 4.69) is 21.0 Å². The van der Waals surface area contributed by atoms with Gasteiger partial charge in [-0.15, -0.1) is 11.3 Å². The minimum atomic E-state index is -0.758. The molecule has 2 heterocycles. The number of rotatable bonds is 3. The summed E-state index contributed by atoms with van der Waals surface area (Å²) in [7, 11) is 0. The summed E-state index contributed by atoms with van der Waals surface area (Å²) in [5.41, 5.74) is 1.62. The van der Waals surface area contributed by atoms with Gasteiger partial charge in [0.05, 0.1) is 11.4 Å². The lowest BCUT2D eigenvalue weighted by atomic mass is 10.2. The molecule has 2 aromatic heterocycles. The van der Waals surface area contributed by atoms with Gasteiger partial charge in [0.1, 0.15) is 10.4 Å². The van der Waals surface area contributed by atoms with Crippen LogP contribution in [0.25, 0.3) is 5.69 Å². The number of hydrogen-bond acceptors (Lipinski definition) is 3. The first-order valence-electron chi connectivity index (χ1n) is 5.89. The maximum Gasteiger partial charge on any atom is 0.130 e. The van der Waals surface area contributed by atoms with E-state index in [0.29, 0.717) is 10.0 Å². The van der Waals surface area contributed by atoms with Gasteiger partial charge in [-0.1, -0.05) is 29.8 Å². The average molecular weight is 370 g/mol. The summed E-state index contributed by atoms with van der Waals surface area (Å²) < 4.78 is 3.15. The largest absolute Gasteiger partial charge is 0.381 e. The molecule has 0 fully saturated rings. The fourth-order valence-electron chi connectivity index (χ4n) is 1.95. The SMILES string of the molecule is OC(c1cc(Br)c(Cl)s1)c1ccnn1-c1ccccc1. The number of aliphatic hydroxyl groups excluding tert-OH is 1. The maximum atomic E-state index is 10.5. The second-order valence-electron chi connectivity index (χ2n) is 4.18. The van der Waals surface area contributed by atoms with E-state index < -0.39 is 6.10 Å². The van der Waals surface area contributed by atoms with Gasteiger partial charge in [-0.05, 0) is 40.2 Å². The van der Waals surface area contributed by atoms with Gasteiger partial charge in [0.15, 0.2) is 0 Å². The topological polar surface area (TPSA) is 38.1 Å². The lowest BCUT2D eigenvalue weighted by Crippen LogP contribution is -2.07. The molecule has 3 aromatic rings. The molecule has 0 saturated carbocycles. The first-order chi connectivity index (χ1) is 9.66. The highest BCUT2D eigenvalue weighted by Crippen LogP contribution is 2.37. The fourth-order valence-corrected chi connectivity index (χ4v) is 3.68. The Morgan fingerprint density at radius 3 is 2.65 bits per heavy atom. The summed E-state index contributed by atoms with van der Waals surface area (Å²) in [4.78, 5) is 0.777. The number of hydrogen-bond donors (Lipinski definition) is 1. The molecule has 0 radical (unpaired) electrons. The molecule has 3 rings (SSSR count). The van der Waals surface area contributed by atoms with E-state index in [9.17, 15) is 5.11 Å². The molecule has 0 bridgehead atoms. The number of aliphatic hydroxyl groups is 1. The van der Waals surface area contributed by atoms with Crippen molar-refractivity contribution in [2.75, 3.05) is 0 Å². The molecule has 0 amide bonds. The quantitative estimate of drug-likeness (QED) is 0.741. The third-order valence-corrected chi connectivity index (χ3v) is 5.41. The van der Waals surface area contributed by atoms with Crippen LogP contribution in [-0.4, -0.2) is 14.9 Å². The van der Waals surface area contributed by atoms with Gasteiger partial charge in [-0.3, -0.25) is 0 Å². The highest BCUT2D eigenvalue weighted by Gasteiger charge is 2.19. The summed E-state index contributed by atoms with van der Waals surface area (Å²) in [6.45, 7) is 0. The van der Waals surface area contributed by atoms with Crippen LogP contribution in [0.1, 0.15) is 16.7 Å². The Bertz CT molecular complexity index is 706. The zero-order valence-corrected chi connectivity index (χ0v) is 13.4. The first-order valence-corrected chi connectivity index (χ1v) is 7.87. The third-order valence-electron chi connectivity index (χ3n) is 2.89. The van der Waals surface area contributed by atoms with E-state index in [1.54, 1.807) is 16.9 Å². The number of aromatic nitrogens is 2. The molecule has 0 spiro atoms. The summed E-state index contributed by atoms with van der Waals surface area (Å²) in [5.74, 6) is 0. The van der Waals surface area contributed by atoms with Crippen LogP contribution in [0.15, 0.2) is 53.1 Å². The molecule has 1 N–H and O–H groups in total. The van der Waals surface area contributed by atoms with Gasteiger partial charge < -0.3 is 5.11 Å². The average Bonchev–Trinajstić information content (AvgIpc) is 3.07.